The zero-order valence-corrected chi connectivity index (χ0v) is 13.0. The molecule has 2 heterocycles. The van der Waals surface area contributed by atoms with Gasteiger partial charge in [-0.2, -0.15) is 4.98 Å². The summed E-state index contributed by atoms with van der Waals surface area (Å²) in [6.07, 6.45) is 1.30. The topological polar surface area (TPSA) is 80.0 Å². The van der Waals surface area contributed by atoms with Crippen LogP contribution in [0.1, 0.15) is 56.4 Å². The SMILES string of the molecule is CC(C)c1noc([C@@H](C)Nc2ccc3c(c2)CCC(=O)N3)n1. The van der Waals surface area contributed by atoms with E-state index in [1.165, 1.54) is 0 Å². The Morgan fingerprint density at radius 2 is 2.09 bits per heavy atom. The third-order valence-electron chi connectivity index (χ3n) is 3.73. The number of fused-ring (bicyclic) bond motifs is 1. The van der Waals surface area contributed by atoms with E-state index in [2.05, 4.69) is 26.8 Å². The molecule has 1 aromatic carbocycles. The average Bonchev–Trinajstić information content (AvgIpc) is 2.97. The van der Waals surface area contributed by atoms with E-state index in [9.17, 15) is 4.79 Å². The molecular formula is C16H20N4O2. The van der Waals surface area contributed by atoms with E-state index in [-0.39, 0.29) is 17.9 Å². The van der Waals surface area contributed by atoms with E-state index in [0.717, 1.165) is 29.2 Å². The van der Waals surface area contributed by atoms with Crippen LogP contribution in [0, 0.1) is 0 Å². The summed E-state index contributed by atoms with van der Waals surface area (Å²) in [5.41, 5.74) is 3.02. The van der Waals surface area contributed by atoms with E-state index >= 15 is 0 Å². The van der Waals surface area contributed by atoms with Gasteiger partial charge in [0.15, 0.2) is 5.82 Å². The number of hydrogen-bond donors (Lipinski definition) is 2. The summed E-state index contributed by atoms with van der Waals surface area (Å²) in [4.78, 5) is 15.8. The Kier molecular flexibility index (Phi) is 3.83. The maximum absolute atomic E-state index is 11.4. The molecule has 0 aliphatic carbocycles. The highest BCUT2D eigenvalue weighted by molar-refractivity contribution is 5.94. The maximum Gasteiger partial charge on any atom is 0.248 e. The summed E-state index contributed by atoms with van der Waals surface area (Å²) >= 11 is 0. The number of nitrogens with one attached hydrogen (secondary N) is 2. The van der Waals surface area contributed by atoms with E-state index in [1.807, 2.05) is 32.9 Å². The van der Waals surface area contributed by atoms with Crippen molar-refractivity contribution in [2.45, 2.75) is 45.6 Å². The number of carbonyl (C=O) groups is 1. The molecule has 1 atom stereocenters. The van der Waals surface area contributed by atoms with E-state index in [0.29, 0.717) is 12.3 Å². The predicted octanol–water partition coefficient (Wildman–Crippen LogP) is 3.25. The minimum Gasteiger partial charge on any atom is -0.374 e. The van der Waals surface area contributed by atoms with Crippen LogP contribution in [0.15, 0.2) is 22.7 Å². The molecule has 1 aromatic heterocycles. The highest BCUT2D eigenvalue weighted by Crippen LogP contribution is 2.27. The Hall–Kier alpha value is -2.37. The molecular weight excluding hydrogens is 280 g/mol. The fourth-order valence-corrected chi connectivity index (χ4v) is 2.44. The van der Waals surface area contributed by atoms with Crippen molar-refractivity contribution >= 4 is 17.3 Å². The molecule has 2 N–H and O–H groups in total. The first-order valence-electron chi connectivity index (χ1n) is 7.55. The van der Waals surface area contributed by atoms with Crippen molar-refractivity contribution in [1.29, 1.82) is 0 Å². The fraction of sp³-hybridized carbons (Fsp3) is 0.438. The maximum atomic E-state index is 11.4. The van der Waals surface area contributed by atoms with Gasteiger partial charge in [-0.15, -0.1) is 0 Å². The quantitative estimate of drug-likeness (QED) is 0.906. The Morgan fingerprint density at radius 3 is 2.82 bits per heavy atom. The summed E-state index contributed by atoms with van der Waals surface area (Å²) in [7, 11) is 0. The van der Waals surface area contributed by atoms with Gasteiger partial charge in [0.1, 0.15) is 6.04 Å². The Labute approximate surface area is 129 Å². The third kappa shape index (κ3) is 2.95. The van der Waals surface area contributed by atoms with Gasteiger partial charge in [0, 0.05) is 23.7 Å². The standard InChI is InChI=1S/C16H20N4O2/c1-9(2)15-19-16(22-20-15)10(3)17-12-5-6-13-11(8-12)4-7-14(21)18-13/h5-6,8-10,17H,4,7H2,1-3H3,(H,18,21)/t10-/m1/s1. The Balaban J connectivity index is 1.73. The second-order valence-corrected chi connectivity index (χ2v) is 5.93. The van der Waals surface area contributed by atoms with Crippen molar-refractivity contribution < 1.29 is 9.32 Å². The first-order valence-corrected chi connectivity index (χ1v) is 7.55. The van der Waals surface area contributed by atoms with Crippen LogP contribution in [-0.4, -0.2) is 16.0 Å². The second-order valence-electron chi connectivity index (χ2n) is 5.93. The number of hydrogen-bond acceptors (Lipinski definition) is 5. The summed E-state index contributed by atoms with van der Waals surface area (Å²) in [6, 6.07) is 5.86. The lowest BCUT2D eigenvalue weighted by molar-refractivity contribution is -0.116. The van der Waals surface area contributed by atoms with Gasteiger partial charge in [-0.25, -0.2) is 0 Å². The van der Waals surface area contributed by atoms with Crippen molar-refractivity contribution in [3.8, 4) is 0 Å². The van der Waals surface area contributed by atoms with E-state index in [4.69, 9.17) is 4.52 Å². The molecule has 0 saturated carbocycles. The third-order valence-corrected chi connectivity index (χ3v) is 3.73. The van der Waals surface area contributed by atoms with Crippen LogP contribution in [0.3, 0.4) is 0 Å². The van der Waals surface area contributed by atoms with Gasteiger partial charge >= 0.3 is 0 Å². The first kappa shape index (κ1) is 14.6. The zero-order chi connectivity index (χ0) is 15.7. The lowest BCUT2D eigenvalue weighted by atomic mass is 10.0. The summed E-state index contributed by atoms with van der Waals surface area (Å²) in [6.45, 7) is 6.05. The van der Waals surface area contributed by atoms with Crippen LogP contribution in [0.25, 0.3) is 0 Å². The minimum atomic E-state index is -0.0729. The summed E-state index contributed by atoms with van der Waals surface area (Å²) < 4.78 is 5.31. The monoisotopic (exact) mass is 300 g/mol. The molecule has 0 radical (unpaired) electrons. The molecule has 1 amide bonds. The molecule has 1 aliphatic heterocycles. The number of carbonyl (C=O) groups excluding carboxylic acids is 1. The normalized spacial score (nSPS) is 15.4. The largest absolute Gasteiger partial charge is 0.374 e. The van der Waals surface area contributed by atoms with Crippen LogP contribution in [0.5, 0.6) is 0 Å². The molecule has 0 bridgehead atoms. The molecule has 3 rings (SSSR count). The van der Waals surface area contributed by atoms with E-state index < -0.39 is 0 Å². The van der Waals surface area contributed by atoms with Crippen molar-refractivity contribution in [3.05, 3.63) is 35.5 Å². The smallest absolute Gasteiger partial charge is 0.248 e. The lowest BCUT2D eigenvalue weighted by Crippen LogP contribution is -2.19. The summed E-state index contributed by atoms with van der Waals surface area (Å²) in [5.74, 6) is 1.62. The number of amides is 1. The second kappa shape index (κ2) is 5.79. The van der Waals surface area contributed by atoms with Gasteiger partial charge in [0.25, 0.3) is 0 Å². The van der Waals surface area contributed by atoms with Crippen LogP contribution in [-0.2, 0) is 11.2 Å². The number of rotatable bonds is 4. The molecule has 1 aliphatic rings. The zero-order valence-electron chi connectivity index (χ0n) is 13.0. The van der Waals surface area contributed by atoms with Crippen molar-refractivity contribution in [2.24, 2.45) is 0 Å². The number of aromatic nitrogens is 2. The summed E-state index contributed by atoms with van der Waals surface area (Å²) in [5, 5.41) is 10.2. The molecule has 2 aromatic rings. The lowest BCUT2D eigenvalue weighted by Gasteiger charge is -2.19. The van der Waals surface area contributed by atoms with Gasteiger partial charge in [-0.05, 0) is 37.1 Å². The molecule has 6 nitrogen and oxygen atoms in total. The molecule has 0 unspecified atom stereocenters. The first-order chi connectivity index (χ1) is 10.5. The van der Waals surface area contributed by atoms with Crippen LogP contribution < -0.4 is 10.6 Å². The molecule has 22 heavy (non-hydrogen) atoms. The van der Waals surface area contributed by atoms with E-state index in [1.54, 1.807) is 0 Å². The number of nitrogens with zero attached hydrogens (tertiary/aromatic N) is 2. The Morgan fingerprint density at radius 1 is 1.27 bits per heavy atom. The molecule has 0 saturated heterocycles. The minimum absolute atomic E-state index is 0.0729. The van der Waals surface area contributed by atoms with Gasteiger partial charge in [0.05, 0.1) is 0 Å². The van der Waals surface area contributed by atoms with Gasteiger partial charge in [-0.3, -0.25) is 4.79 Å². The molecule has 116 valence electrons. The van der Waals surface area contributed by atoms with Gasteiger partial charge < -0.3 is 15.2 Å². The number of anilines is 2. The van der Waals surface area contributed by atoms with Crippen molar-refractivity contribution in [1.82, 2.24) is 10.1 Å². The van der Waals surface area contributed by atoms with Crippen molar-refractivity contribution in [2.75, 3.05) is 10.6 Å². The van der Waals surface area contributed by atoms with Crippen LogP contribution in [0.2, 0.25) is 0 Å². The van der Waals surface area contributed by atoms with Crippen LogP contribution >= 0.6 is 0 Å². The number of aryl methyl sites for hydroxylation is 1. The fourth-order valence-electron chi connectivity index (χ4n) is 2.44. The highest BCUT2D eigenvalue weighted by Gasteiger charge is 2.18. The molecule has 0 fully saturated rings. The Bertz CT molecular complexity index is 693. The van der Waals surface area contributed by atoms with Gasteiger partial charge in [0.2, 0.25) is 11.8 Å². The van der Waals surface area contributed by atoms with Crippen molar-refractivity contribution in [3.63, 3.8) is 0 Å². The van der Waals surface area contributed by atoms with Crippen LogP contribution in [0.4, 0.5) is 11.4 Å². The molecule has 0 spiro atoms. The molecule has 6 heteroatoms. The average molecular weight is 300 g/mol. The predicted molar refractivity (Wildman–Crippen MR) is 83.8 cm³/mol. The highest BCUT2D eigenvalue weighted by atomic mass is 16.5. The number of benzene rings is 1. The van der Waals surface area contributed by atoms with Gasteiger partial charge in [-0.1, -0.05) is 19.0 Å².